The van der Waals surface area contributed by atoms with Crippen molar-refractivity contribution in [3.8, 4) is 11.5 Å². The van der Waals surface area contributed by atoms with E-state index < -0.39 is 0 Å². The fourth-order valence-electron chi connectivity index (χ4n) is 3.27. The molecule has 0 bridgehead atoms. The SMILES string of the molecule is CCN(Cc1ccc2c(c1)OCO2)C(=O)Cn1c(C)nc2ccccc21. The van der Waals surface area contributed by atoms with Gasteiger partial charge in [0.2, 0.25) is 12.7 Å². The average Bonchev–Trinajstić information content (AvgIpc) is 3.23. The van der Waals surface area contributed by atoms with Gasteiger partial charge in [-0.05, 0) is 43.7 Å². The summed E-state index contributed by atoms with van der Waals surface area (Å²) in [7, 11) is 0. The van der Waals surface area contributed by atoms with E-state index in [1.54, 1.807) is 0 Å². The summed E-state index contributed by atoms with van der Waals surface area (Å²) in [6.07, 6.45) is 0. The van der Waals surface area contributed by atoms with E-state index in [0.717, 1.165) is 33.9 Å². The van der Waals surface area contributed by atoms with E-state index in [1.165, 1.54) is 0 Å². The minimum atomic E-state index is 0.0661. The Morgan fingerprint density at radius 2 is 2.00 bits per heavy atom. The van der Waals surface area contributed by atoms with Crippen molar-refractivity contribution in [2.24, 2.45) is 0 Å². The van der Waals surface area contributed by atoms with Crippen molar-refractivity contribution in [3.63, 3.8) is 0 Å². The fraction of sp³-hybridized carbons (Fsp3) is 0.300. The van der Waals surface area contributed by atoms with Crippen molar-refractivity contribution < 1.29 is 14.3 Å². The molecule has 134 valence electrons. The van der Waals surface area contributed by atoms with Crippen LogP contribution in [-0.2, 0) is 17.9 Å². The highest BCUT2D eigenvalue weighted by molar-refractivity contribution is 5.81. The van der Waals surface area contributed by atoms with E-state index in [0.29, 0.717) is 13.1 Å². The number of aromatic nitrogens is 2. The van der Waals surface area contributed by atoms with E-state index in [1.807, 2.05) is 65.8 Å². The maximum atomic E-state index is 12.9. The van der Waals surface area contributed by atoms with E-state index >= 15 is 0 Å². The Hall–Kier alpha value is -3.02. The summed E-state index contributed by atoms with van der Waals surface area (Å²) in [4.78, 5) is 19.3. The predicted molar refractivity (Wildman–Crippen MR) is 98.1 cm³/mol. The minimum Gasteiger partial charge on any atom is -0.454 e. The average molecular weight is 351 g/mol. The number of carbonyl (C=O) groups is 1. The Morgan fingerprint density at radius 1 is 1.19 bits per heavy atom. The van der Waals surface area contributed by atoms with Gasteiger partial charge in [0, 0.05) is 13.1 Å². The third-order valence-corrected chi connectivity index (χ3v) is 4.68. The van der Waals surface area contributed by atoms with Crippen molar-refractivity contribution in [1.82, 2.24) is 14.5 Å². The second-order valence-corrected chi connectivity index (χ2v) is 6.33. The molecule has 1 aromatic heterocycles. The lowest BCUT2D eigenvalue weighted by molar-refractivity contribution is -0.132. The second kappa shape index (κ2) is 6.71. The summed E-state index contributed by atoms with van der Waals surface area (Å²) in [5, 5.41) is 0. The van der Waals surface area contributed by atoms with Gasteiger partial charge in [-0.3, -0.25) is 4.79 Å². The normalized spacial score (nSPS) is 12.5. The fourth-order valence-corrected chi connectivity index (χ4v) is 3.27. The van der Waals surface area contributed by atoms with E-state index in [-0.39, 0.29) is 19.2 Å². The summed E-state index contributed by atoms with van der Waals surface area (Å²) >= 11 is 0. The van der Waals surface area contributed by atoms with E-state index in [2.05, 4.69) is 4.98 Å². The molecule has 0 radical (unpaired) electrons. The molecule has 1 aliphatic rings. The minimum absolute atomic E-state index is 0.0661. The molecule has 2 aromatic carbocycles. The number of hydrogen-bond donors (Lipinski definition) is 0. The summed E-state index contributed by atoms with van der Waals surface area (Å²) < 4.78 is 12.7. The summed E-state index contributed by atoms with van der Waals surface area (Å²) in [6, 6.07) is 13.7. The molecule has 0 aliphatic carbocycles. The molecule has 3 aromatic rings. The number of carbonyl (C=O) groups excluding carboxylic acids is 1. The van der Waals surface area contributed by atoms with Gasteiger partial charge in [-0.2, -0.15) is 0 Å². The lowest BCUT2D eigenvalue weighted by atomic mass is 10.2. The number of ether oxygens (including phenoxy) is 2. The Labute approximate surface area is 152 Å². The van der Waals surface area contributed by atoms with Crippen LogP contribution in [-0.4, -0.2) is 33.7 Å². The molecule has 0 N–H and O–H groups in total. The monoisotopic (exact) mass is 351 g/mol. The molecule has 0 spiro atoms. The molecule has 6 nitrogen and oxygen atoms in total. The predicted octanol–water partition coefficient (Wildman–Crippen LogP) is 3.12. The number of para-hydroxylation sites is 2. The van der Waals surface area contributed by atoms with Gasteiger partial charge >= 0.3 is 0 Å². The highest BCUT2D eigenvalue weighted by Gasteiger charge is 2.18. The Kier molecular flexibility index (Phi) is 4.24. The van der Waals surface area contributed by atoms with Crippen LogP contribution >= 0.6 is 0 Å². The van der Waals surface area contributed by atoms with Gasteiger partial charge in [0.1, 0.15) is 12.4 Å². The smallest absolute Gasteiger partial charge is 0.242 e. The third kappa shape index (κ3) is 2.98. The van der Waals surface area contributed by atoms with Gasteiger partial charge in [-0.15, -0.1) is 0 Å². The van der Waals surface area contributed by atoms with Crippen LogP contribution in [0.4, 0.5) is 0 Å². The molecule has 0 unspecified atom stereocenters. The molecule has 2 heterocycles. The topological polar surface area (TPSA) is 56.6 Å². The number of rotatable bonds is 5. The first-order valence-corrected chi connectivity index (χ1v) is 8.74. The summed E-state index contributed by atoms with van der Waals surface area (Å²) in [5.74, 6) is 2.40. The quantitative estimate of drug-likeness (QED) is 0.709. The molecule has 0 fully saturated rings. The maximum Gasteiger partial charge on any atom is 0.242 e. The van der Waals surface area contributed by atoms with Gasteiger partial charge < -0.3 is 18.9 Å². The van der Waals surface area contributed by atoms with E-state index in [9.17, 15) is 4.79 Å². The standard InChI is InChI=1S/C20H21N3O3/c1-3-22(11-15-8-9-18-19(10-15)26-13-25-18)20(24)12-23-14(2)21-16-6-4-5-7-17(16)23/h4-10H,3,11-13H2,1-2H3. The zero-order valence-corrected chi connectivity index (χ0v) is 14.9. The van der Waals surface area contributed by atoms with Crippen LogP contribution in [0.5, 0.6) is 11.5 Å². The zero-order chi connectivity index (χ0) is 18.1. The number of likely N-dealkylation sites (N-methyl/N-ethyl adjacent to an activating group) is 1. The summed E-state index contributed by atoms with van der Waals surface area (Å²) in [6.45, 7) is 5.63. The number of nitrogens with zero attached hydrogens (tertiary/aromatic N) is 3. The van der Waals surface area contributed by atoms with Crippen LogP contribution in [0.25, 0.3) is 11.0 Å². The molecule has 0 saturated heterocycles. The van der Waals surface area contributed by atoms with Gasteiger partial charge in [0.05, 0.1) is 11.0 Å². The number of benzene rings is 2. The Balaban J connectivity index is 1.53. The van der Waals surface area contributed by atoms with Crippen LogP contribution in [0.2, 0.25) is 0 Å². The third-order valence-electron chi connectivity index (χ3n) is 4.68. The number of fused-ring (bicyclic) bond motifs is 2. The van der Waals surface area contributed by atoms with Crippen LogP contribution in [0, 0.1) is 6.92 Å². The first kappa shape index (κ1) is 16.4. The lowest BCUT2D eigenvalue weighted by Crippen LogP contribution is -2.33. The molecule has 4 rings (SSSR count). The van der Waals surface area contributed by atoms with Crippen molar-refractivity contribution in [2.45, 2.75) is 26.9 Å². The summed E-state index contributed by atoms with van der Waals surface area (Å²) in [5.41, 5.74) is 2.92. The van der Waals surface area contributed by atoms with Crippen LogP contribution in [0.3, 0.4) is 0 Å². The molecule has 0 saturated carbocycles. The molecule has 6 heteroatoms. The van der Waals surface area contributed by atoms with Crippen molar-refractivity contribution in [3.05, 3.63) is 53.9 Å². The zero-order valence-electron chi connectivity index (χ0n) is 14.9. The van der Waals surface area contributed by atoms with Gasteiger partial charge in [-0.25, -0.2) is 4.98 Å². The number of aryl methyl sites for hydroxylation is 1. The molecule has 26 heavy (non-hydrogen) atoms. The first-order valence-electron chi connectivity index (χ1n) is 8.74. The van der Waals surface area contributed by atoms with Gasteiger partial charge in [-0.1, -0.05) is 18.2 Å². The maximum absolute atomic E-state index is 12.9. The van der Waals surface area contributed by atoms with Crippen molar-refractivity contribution in [1.29, 1.82) is 0 Å². The van der Waals surface area contributed by atoms with Gasteiger partial charge in [0.25, 0.3) is 0 Å². The highest BCUT2D eigenvalue weighted by atomic mass is 16.7. The Morgan fingerprint density at radius 3 is 2.85 bits per heavy atom. The molecule has 0 atom stereocenters. The van der Waals surface area contributed by atoms with Crippen molar-refractivity contribution >= 4 is 16.9 Å². The first-order chi connectivity index (χ1) is 12.7. The largest absolute Gasteiger partial charge is 0.454 e. The highest BCUT2D eigenvalue weighted by Crippen LogP contribution is 2.32. The number of imidazole rings is 1. The molecular weight excluding hydrogens is 330 g/mol. The number of amides is 1. The van der Waals surface area contributed by atoms with E-state index in [4.69, 9.17) is 9.47 Å². The van der Waals surface area contributed by atoms with Crippen LogP contribution < -0.4 is 9.47 Å². The molecule has 1 aliphatic heterocycles. The second-order valence-electron chi connectivity index (χ2n) is 6.33. The number of hydrogen-bond acceptors (Lipinski definition) is 4. The van der Waals surface area contributed by atoms with Crippen LogP contribution in [0.15, 0.2) is 42.5 Å². The van der Waals surface area contributed by atoms with Crippen molar-refractivity contribution in [2.75, 3.05) is 13.3 Å². The van der Waals surface area contributed by atoms with Crippen LogP contribution in [0.1, 0.15) is 18.3 Å². The Bertz CT molecular complexity index is 964. The molecule has 1 amide bonds. The molecular formula is C20H21N3O3. The van der Waals surface area contributed by atoms with Gasteiger partial charge in [0.15, 0.2) is 11.5 Å². The lowest BCUT2D eigenvalue weighted by Gasteiger charge is -2.22.